The van der Waals surface area contributed by atoms with E-state index < -0.39 is 5.97 Å². The summed E-state index contributed by atoms with van der Waals surface area (Å²) >= 11 is 3.37. The third-order valence-electron chi connectivity index (χ3n) is 2.85. The van der Waals surface area contributed by atoms with Gasteiger partial charge in [-0.25, -0.2) is 0 Å². The molecule has 0 saturated carbocycles. The lowest BCUT2D eigenvalue weighted by atomic mass is 10.1. The van der Waals surface area contributed by atoms with Crippen LogP contribution in [0.15, 0.2) is 53.0 Å². The Labute approximate surface area is 130 Å². The van der Waals surface area contributed by atoms with Gasteiger partial charge in [-0.3, -0.25) is 9.59 Å². The molecule has 4 nitrogen and oxygen atoms in total. The Morgan fingerprint density at radius 3 is 2.33 bits per heavy atom. The highest BCUT2D eigenvalue weighted by Crippen LogP contribution is 2.14. The van der Waals surface area contributed by atoms with Crippen LogP contribution < -0.4 is 5.32 Å². The summed E-state index contributed by atoms with van der Waals surface area (Å²) in [4.78, 5) is 22.5. The van der Waals surface area contributed by atoms with Crippen LogP contribution in [0.2, 0.25) is 0 Å². The molecule has 0 aromatic heterocycles. The van der Waals surface area contributed by atoms with E-state index in [1.807, 2.05) is 24.3 Å². The first-order valence-electron chi connectivity index (χ1n) is 6.38. The molecule has 2 N–H and O–H groups in total. The van der Waals surface area contributed by atoms with Gasteiger partial charge in [0.25, 0.3) is 0 Å². The number of halogens is 1. The summed E-state index contributed by atoms with van der Waals surface area (Å²) in [5, 5.41) is 11.5. The van der Waals surface area contributed by atoms with Crippen LogP contribution in [0.3, 0.4) is 0 Å². The number of carbonyl (C=O) groups is 2. The fraction of sp³-hybridized carbons (Fsp3) is 0.125. The van der Waals surface area contributed by atoms with Gasteiger partial charge in [0, 0.05) is 10.2 Å². The molecule has 0 aliphatic carbocycles. The van der Waals surface area contributed by atoms with Crippen molar-refractivity contribution in [2.45, 2.75) is 12.8 Å². The van der Waals surface area contributed by atoms with Crippen molar-refractivity contribution in [2.24, 2.45) is 0 Å². The van der Waals surface area contributed by atoms with Crippen molar-refractivity contribution in [1.29, 1.82) is 0 Å². The Bertz CT molecular complexity index is 653. The van der Waals surface area contributed by atoms with Crippen LogP contribution in [0.25, 0.3) is 0 Å². The molecule has 2 aromatic rings. The lowest BCUT2D eigenvalue weighted by Gasteiger charge is -2.06. The fourth-order valence-electron chi connectivity index (χ4n) is 1.92. The SMILES string of the molecule is O=C(O)Cc1ccc(NC(=O)Cc2cccc(Br)c2)cc1. The second kappa shape index (κ2) is 7.04. The van der Waals surface area contributed by atoms with Crippen molar-refractivity contribution in [2.75, 3.05) is 5.32 Å². The maximum Gasteiger partial charge on any atom is 0.307 e. The van der Waals surface area contributed by atoms with Gasteiger partial charge in [0.1, 0.15) is 0 Å². The lowest BCUT2D eigenvalue weighted by molar-refractivity contribution is -0.136. The molecule has 0 radical (unpaired) electrons. The first-order chi connectivity index (χ1) is 10.0. The molecule has 2 rings (SSSR count). The highest BCUT2D eigenvalue weighted by molar-refractivity contribution is 9.10. The molecular weight excluding hydrogens is 334 g/mol. The minimum absolute atomic E-state index is 0.0216. The number of benzene rings is 2. The van der Waals surface area contributed by atoms with E-state index in [1.165, 1.54) is 0 Å². The van der Waals surface area contributed by atoms with Crippen LogP contribution in [0.1, 0.15) is 11.1 Å². The highest BCUT2D eigenvalue weighted by Gasteiger charge is 2.05. The van der Waals surface area contributed by atoms with E-state index in [2.05, 4.69) is 21.2 Å². The zero-order valence-corrected chi connectivity index (χ0v) is 12.8. The summed E-state index contributed by atoms with van der Waals surface area (Å²) in [7, 11) is 0. The van der Waals surface area contributed by atoms with Gasteiger partial charge in [-0.05, 0) is 35.4 Å². The van der Waals surface area contributed by atoms with Crippen molar-refractivity contribution in [1.82, 2.24) is 0 Å². The topological polar surface area (TPSA) is 66.4 Å². The number of hydrogen-bond donors (Lipinski definition) is 2. The number of aliphatic carboxylic acids is 1. The molecule has 108 valence electrons. The highest BCUT2D eigenvalue weighted by atomic mass is 79.9. The van der Waals surface area contributed by atoms with Crippen LogP contribution in [0.4, 0.5) is 5.69 Å². The minimum atomic E-state index is -0.874. The molecule has 0 atom stereocenters. The first-order valence-corrected chi connectivity index (χ1v) is 7.17. The number of rotatable bonds is 5. The van der Waals surface area contributed by atoms with Crippen LogP contribution in [-0.2, 0) is 22.4 Å². The standard InChI is InChI=1S/C16H14BrNO3/c17-13-3-1-2-12(8-13)9-15(19)18-14-6-4-11(5-7-14)10-16(20)21/h1-8H,9-10H2,(H,18,19)(H,20,21). The van der Waals surface area contributed by atoms with E-state index >= 15 is 0 Å². The minimum Gasteiger partial charge on any atom is -0.481 e. The largest absolute Gasteiger partial charge is 0.481 e. The Hall–Kier alpha value is -2.14. The van der Waals surface area contributed by atoms with Crippen molar-refractivity contribution in [3.8, 4) is 0 Å². The third-order valence-corrected chi connectivity index (χ3v) is 3.34. The lowest BCUT2D eigenvalue weighted by Crippen LogP contribution is -2.14. The first kappa shape index (κ1) is 15.3. The van der Waals surface area contributed by atoms with Gasteiger partial charge in [0.15, 0.2) is 0 Å². The summed E-state index contributed by atoms with van der Waals surface area (Å²) in [6, 6.07) is 14.4. The van der Waals surface area contributed by atoms with Crippen molar-refractivity contribution in [3.05, 3.63) is 64.1 Å². The Morgan fingerprint density at radius 2 is 1.71 bits per heavy atom. The summed E-state index contributed by atoms with van der Waals surface area (Å²) < 4.78 is 0.936. The Balaban J connectivity index is 1.95. The molecule has 0 aliphatic rings. The molecule has 0 unspecified atom stereocenters. The van der Waals surface area contributed by atoms with Gasteiger partial charge in [-0.15, -0.1) is 0 Å². The van der Waals surface area contributed by atoms with Gasteiger partial charge in [-0.1, -0.05) is 40.2 Å². The zero-order chi connectivity index (χ0) is 15.2. The molecule has 0 aliphatic heterocycles. The number of amides is 1. The van der Waals surface area contributed by atoms with Crippen LogP contribution >= 0.6 is 15.9 Å². The van der Waals surface area contributed by atoms with Gasteiger partial charge in [-0.2, -0.15) is 0 Å². The number of carboxylic acids is 1. The third kappa shape index (κ3) is 5.04. The molecule has 0 heterocycles. The molecule has 1 amide bonds. The summed E-state index contributed by atoms with van der Waals surface area (Å²) in [6.07, 6.45) is 0.266. The second-order valence-electron chi connectivity index (χ2n) is 4.62. The van der Waals surface area contributed by atoms with E-state index in [0.29, 0.717) is 11.3 Å². The van der Waals surface area contributed by atoms with Crippen molar-refractivity contribution in [3.63, 3.8) is 0 Å². The fourth-order valence-corrected chi connectivity index (χ4v) is 2.36. The summed E-state index contributed by atoms with van der Waals surface area (Å²) in [6.45, 7) is 0. The second-order valence-corrected chi connectivity index (χ2v) is 5.54. The van der Waals surface area contributed by atoms with E-state index in [-0.39, 0.29) is 18.7 Å². The van der Waals surface area contributed by atoms with Crippen molar-refractivity contribution < 1.29 is 14.7 Å². The van der Waals surface area contributed by atoms with Crippen molar-refractivity contribution >= 4 is 33.5 Å². The van der Waals surface area contributed by atoms with Crippen LogP contribution in [0.5, 0.6) is 0 Å². The quantitative estimate of drug-likeness (QED) is 0.872. The molecule has 0 saturated heterocycles. The molecule has 0 spiro atoms. The van der Waals surface area contributed by atoms with E-state index in [1.54, 1.807) is 24.3 Å². The molecular formula is C16H14BrNO3. The van der Waals surface area contributed by atoms with Crippen LogP contribution in [0, 0.1) is 0 Å². The molecule has 21 heavy (non-hydrogen) atoms. The van der Waals surface area contributed by atoms with E-state index in [9.17, 15) is 9.59 Å². The predicted molar refractivity (Wildman–Crippen MR) is 84.3 cm³/mol. The Kier molecular flexibility index (Phi) is 5.11. The molecule has 0 bridgehead atoms. The summed E-state index contributed by atoms with van der Waals surface area (Å²) in [5.41, 5.74) is 2.28. The number of carboxylic acid groups (broad SMARTS) is 1. The molecule has 5 heteroatoms. The predicted octanol–water partition coefficient (Wildman–Crippen LogP) is 3.26. The number of hydrogen-bond acceptors (Lipinski definition) is 2. The van der Waals surface area contributed by atoms with Crippen LogP contribution in [-0.4, -0.2) is 17.0 Å². The maximum absolute atomic E-state index is 11.9. The maximum atomic E-state index is 11.9. The number of carbonyl (C=O) groups excluding carboxylic acids is 1. The molecule has 0 fully saturated rings. The van der Waals surface area contributed by atoms with Gasteiger partial charge < -0.3 is 10.4 Å². The monoisotopic (exact) mass is 347 g/mol. The normalized spacial score (nSPS) is 10.1. The van der Waals surface area contributed by atoms with Gasteiger partial charge in [0.05, 0.1) is 12.8 Å². The van der Waals surface area contributed by atoms with E-state index in [4.69, 9.17) is 5.11 Å². The smallest absolute Gasteiger partial charge is 0.307 e. The average Bonchev–Trinajstić information content (AvgIpc) is 2.40. The number of nitrogens with one attached hydrogen (secondary N) is 1. The zero-order valence-electron chi connectivity index (χ0n) is 11.2. The Morgan fingerprint density at radius 1 is 1.00 bits per heavy atom. The summed E-state index contributed by atoms with van der Waals surface area (Å²) in [5.74, 6) is -0.986. The van der Waals surface area contributed by atoms with Gasteiger partial charge >= 0.3 is 5.97 Å². The van der Waals surface area contributed by atoms with E-state index in [0.717, 1.165) is 10.0 Å². The average molecular weight is 348 g/mol. The molecule has 2 aromatic carbocycles. The van der Waals surface area contributed by atoms with Gasteiger partial charge in [0.2, 0.25) is 5.91 Å². The number of anilines is 1.